The van der Waals surface area contributed by atoms with Crippen LogP contribution in [0.1, 0.15) is 12.5 Å². The average molecular weight is 208 g/mol. The van der Waals surface area contributed by atoms with E-state index in [2.05, 4.69) is 0 Å². The van der Waals surface area contributed by atoms with Crippen molar-refractivity contribution in [3.63, 3.8) is 0 Å². The second kappa shape index (κ2) is 4.94. The van der Waals surface area contributed by atoms with Crippen molar-refractivity contribution in [1.82, 2.24) is 0 Å². The van der Waals surface area contributed by atoms with Gasteiger partial charge in [-0.3, -0.25) is 0 Å². The molecule has 0 aromatic heterocycles. The minimum atomic E-state index is -0.193. The van der Waals surface area contributed by atoms with E-state index in [1.807, 2.05) is 51.4 Å². The van der Waals surface area contributed by atoms with Crippen molar-refractivity contribution in [2.45, 2.75) is 13.5 Å². The van der Waals surface area contributed by atoms with Crippen molar-refractivity contribution in [1.29, 1.82) is 0 Å². The molecule has 3 nitrogen and oxygen atoms in total. The molecular weight excluding hydrogens is 190 g/mol. The van der Waals surface area contributed by atoms with Gasteiger partial charge in [-0.25, -0.2) is 4.48 Å². The van der Waals surface area contributed by atoms with Crippen LogP contribution in [0.3, 0.4) is 0 Å². The van der Waals surface area contributed by atoms with E-state index < -0.39 is 0 Å². The third-order valence-corrected chi connectivity index (χ3v) is 2.49. The maximum absolute atomic E-state index is 11.6. The highest BCUT2D eigenvalue weighted by atomic mass is 16.6. The number of rotatable bonds is 3. The van der Waals surface area contributed by atoms with Crippen LogP contribution in [-0.2, 0) is 11.3 Å². The Bertz CT molecular complexity index is 320. The van der Waals surface area contributed by atoms with Crippen LogP contribution in [-0.4, -0.2) is 31.2 Å². The van der Waals surface area contributed by atoms with Crippen molar-refractivity contribution in [2.75, 3.05) is 20.6 Å². The number of hydrogen-bond acceptors (Lipinski definition) is 2. The predicted molar refractivity (Wildman–Crippen MR) is 59.3 cm³/mol. The first-order valence-electron chi connectivity index (χ1n) is 5.10. The summed E-state index contributed by atoms with van der Waals surface area (Å²) in [5.41, 5.74) is 1.02. The maximum Gasteiger partial charge on any atom is 0.515 e. The van der Waals surface area contributed by atoms with E-state index in [9.17, 15) is 4.79 Å². The predicted octanol–water partition coefficient (Wildman–Crippen LogP) is 2.42. The minimum absolute atomic E-state index is 0.193. The van der Waals surface area contributed by atoms with Crippen LogP contribution < -0.4 is 0 Å². The van der Waals surface area contributed by atoms with E-state index >= 15 is 0 Å². The third kappa shape index (κ3) is 3.36. The van der Waals surface area contributed by atoms with Gasteiger partial charge >= 0.3 is 6.09 Å². The number of amides is 1. The lowest BCUT2D eigenvalue weighted by Gasteiger charge is -2.23. The molecule has 0 fully saturated rings. The normalized spacial score (nSPS) is 11.1. The fourth-order valence-corrected chi connectivity index (χ4v) is 1.02. The molecule has 15 heavy (non-hydrogen) atoms. The van der Waals surface area contributed by atoms with E-state index in [-0.39, 0.29) is 10.6 Å². The van der Waals surface area contributed by atoms with Crippen molar-refractivity contribution in [3.8, 4) is 0 Å². The molecule has 0 aliphatic heterocycles. The van der Waals surface area contributed by atoms with Crippen LogP contribution in [0, 0.1) is 0 Å². The fourth-order valence-electron chi connectivity index (χ4n) is 1.02. The molecule has 1 rings (SSSR count). The lowest BCUT2D eigenvalue weighted by Crippen LogP contribution is -2.45. The molecule has 0 saturated carbocycles. The van der Waals surface area contributed by atoms with Gasteiger partial charge in [0.05, 0.1) is 20.6 Å². The number of hydrogen-bond donors (Lipinski definition) is 0. The summed E-state index contributed by atoms with van der Waals surface area (Å²) >= 11 is 0. The van der Waals surface area contributed by atoms with Gasteiger partial charge in [-0.05, 0) is 12.5 Å². The van der Waals surface area contributed by atoms with Crippen molar-refractivity contribution >= 4 is 6.09 Å². The lowest BCUT2D eigenvalue weighted by atomic mass is 10.2. The molecule has 0 aliphatic carbocycles. The van der Waals surface area contributed by atoms with Crippen LogP contribution in [0.5, 0.6) is 0 Å². The minimum Gasteiger partial charge on any atom is -0.415 e. The van der Waals surface area contributed by atoms with E-state index in [1.165, 1.54) is 0 Å². The zero-order valence-corrected chi connectivity index (χ0v) is 9.56. The highest BCUT2D eigenvalue weighted by Crippen LogP contribution is 2.05. The molecule has 0 saturated heterocycles. The fraction of sp³-hybridized carbons (Fsp3) is 0.417. The van der Waals surface area contributed by atoms with E-state index in [0.29, 0.717) is 6.61 Å². The molecule has 0 heterocycles. The summed E-state index contributed by atoms with van der Waals surface area (Å²) in [5, 5.41) is 0. The molecule has 1 aromatic rings. The van der Waals surface area contributed by atoms with Crippen LogP contribution >= 0.6 is 0 Å². The SMILES string of the molecule is CC[N+](C)(C)C(=O)OCc1ccccc1. The van der Waals surface area contributed by atoms with Crippen molar-refractivity contribution in [2.24, 2.45) is 0 Å². The maximum atomic E-state index is 11.6. The summed E-state index contributed by atoms with van der Waals surface area (Å²) in [6.07, 6.45) is -0.193. The Morgan fingerprint density at radius 3 is 2.40 bits per heavy atom. The Labute approximate surface area is 90.9 Å². The second-order valence-corrected chi connectivity index (χ2v) is 4.04. The zero-order chi connectivity index (χ0) is 11.3. The number of ether oxygens (including phenoxy) is 1. The molecule has 0 radical (unpaired) electrons. The highest BCUT2D eigenvalue weighted by Gasteiger charge is 2.25. The van der Waals surface area contributed by atoms with E-state index in [1.54, 1.807) is 0 Å². The average Bonchev–Trinajstić information content (AvgIpc) is 2.27. The van der Waals surface area contributed by atoms with Gasteiger partial charge in [-0.1, -0.05) is 30.3 Å². The number of nitrogens with zero attached hydrogens (tertiary/aromatic N) is 1. The molecule has 82 valence electrons. The van der Waals surface area contributed by atoms with Gasteiger partial charge in [0.15, 0.2) is 0 Å². The van der Waals surface area contributed by atoms with Crippen LogP contribution in [0.2, 0.25) is 0 Å². The molecule has 0 atom stereocenters. The van der Waals surface area contributed by atoms with Crippen LogP contribution in [0.25, 0.3) is 0 Å². The highest BCUT2D eigenvalue weighted by molar-refractivity contribution is 5.59. The van der Waals surface area contributed by atoms with Gasteiger partial charge in [0.25, 0.3) is 0 Å². The number of benzene rings is 1. The summed E-state index contributed by atoms with van der Waals surface area (Å²) in [6.45, 7) is 3.04. The standard InChI is InChI=1S/C12H18NO2/c1-4-13(2,3)12(14)15-10-11-8-6-5-7-9-11/h5-9H,4,10H2,1-3H3/q+1. The topological polar surface area (TPSA) is 26.3 Å². The Morgan fingerprint density at radius 2 is 1.87 bits per heavy atom. The molecule has 0 unspecified atom stereocenters. The quantitative estimate of drug-likeness (QED) is 0.713. The number of carbonyl (C=O) groups is 1. The van der Waals surface area contributed by atoms with Gasteiger partial charge in [0.2, 0.25) is 0 Å². The smallest absolute Gasteiger partial charge is 0.415 e. The van der Waals surface area contributed by atoms with E-state index in [4.69, 9.17) is 4.74 Å². The van der Waals surface area contributed by atoms with Gasteiger partial charge in [0, 0.05) is 0 Å². The summed E-state index contributed by atoms with van der Waals surface area (Å²) < 4.78 is 5.47. The molecule has 1 amide bonds. The lowest BCUT2D eigenvalue weighted by molar-refractivity contribution is -0.815. The summed E-state index contributed by atoms with van der Waals surface area (Å²) in [5.74, 6) is 0. The first-order chi connectivity index (χ1) is 7.06. The Kier molecular flexibility index (Phi) is 3.86. The van der Waals surface area contributed by atoms with Crippen molar-refractivity contribution in [3.05, 3.63) is 35.9 Å². The summed E-state index contributed by atoms with van der Waals surface area (Å²) in [7, 11) is 3.68. The second-order valence-electron chi connectivity index (χ2n) is 4.04. The first-order valence-corrected chi connectivity index (χ1v) is 5.10. The molecule has 3 heteroatoms. The molecular formula is C12H18NO2+. The molecule has 0 spiro atoms. The van der Waals surface area contributed by atoms with Crippen LogP contribution in [0.4, 0.5) is 4.79 Å². The van der Waals surface area contributed by atoms with E-state index in [0.717, 1.165) is 12.1 Å². The Hall–Kier alpha value is -1.35. The Balaban J connectivity index is 2.48. The van der Waals surface area contributed by atoms with Crippen molar-refractivity contribution < 1.29 is 14.0 Å². The van der Waals surface area contributed by atoms with Gasteiger partial charge < -0.3 is 4.74 Å². The first kappa shape index (κ1) is 11.7. The molecule has 0 aliphatic rings. The largest absolute Gasteiger partial charge is 0.515 e. The van der Waals surface area contributed by atoms with Gasteiger partial charge in [0.1, 0.15) is 6.61 Å². The van der Waals surface area contributed by atoms with Gasteiger partial charge in [-0.15, -0.1) is 0 Å². The van der Waals surface area contributed by atoms with Gasteiger partial charge in [-0.2, -0.15) is 4.79 Å². The molecule has 0 bridgehead atoms. The number of quaternary nitrogens is 1. The summed E-state index contributed by atoms with van der Waals surface area (Å²) in [6, 6.07) is 9.70. The molecule has 0 N–H and O–H groups in total. The zero-order valence-electron chi connectivity index (χ0n) is 9.56. The third-order valence-electron chi connectivity index (χ3n) is 2.49. The Morgan fingerprint density at radius 1 is 1.27 bits per heavy atom. The monoisotopic (exact) mass is 208 g/mol. The number of carbonyl (C=O) groups excluding carboxylic acids is 1. The molecule has 1 aromatic carbocycles. The van der Waals surface area contributed by atoms with Crippen LogP contribution in [0.15, 0.2) is 30.3 Å². The summed E-state index contributed by atoms with van der Waals surface area (Å²) in [4.78, 5) is 11.6.